The zero-order chi connectivity index (χ0) is 14.3. The zero-order valence-electron chi connectivity index (χ0n) is 11.8. The number of ether oxygens (including phenoxy) is 1. The Bertz CT molecular complexity index is 423. The Morgan fingerprint density at radius 3 is 2.89 bits per heavy atom. The van der Waals surface area contributed by atoms with Gasteiger partial charge in [-0.3, -0.25) is 4.79 Å². The van der Waals surface area contributed by atoms with Crippen LogP contribution in [0.3, 0.4) is 0 Å². The van der Waals surface area contributed by atoms with E-state index in [-0.39, 0.29) is 11.9 Å². The minimum atomic E-state index is -0.125. The van der Waals surface area contributed by atoms with Crippen LogP contribution in [-0.4, -0.2) is 42.4 Å². The van der Waals surface area contributed by atoms with Crippen LogP contribution in [0.25, 0.3) is 0 Å². The summed E-state index contributed by atoms with van der Waals surface area (Å²) >= 11 is 0. The highest BCUT2D eigenvalue weighted by molar-refractivity contribution is 5.95. The van der Waals surface area contributed by atoms with Crippen LogP contribution in [-0.2, 0) is 11.2 Å². The lowest BCUT2D eigenvalue weighted by atomic mass is 10.1. The third kappa shape index (κ3) is 4.92. The van der Waals surface area contributed by atoms with Crippen molar-refractivity contribution >= 4 is 5.91 Å². The first kappa shape index (κ1) is 15.5. The van der Waals surface area contributed by atoms with Gasteiger partial charge in [0.2, 0.25) is 0 Å². The van der Waals surface area contributed by atoms with E-state index in [0.29, 0.717) is 37.3 Å². The van der Waals surface area contributed by atoms with Gasteiger partial charge < -0.3 is 15.8 Å². The number of aryl methyl sites for hydroxylation is 2. The molecule has 0 bridgehead atoms. The average molecular weight is 266 g/mol. The molecule has 1 aromatic rings. The Morgan fingerprint density at radius 1 is 1.53 bits per heavy atom. The monoisotopic (exact) mass is 266 g/mol. The maximum atomic E-state index is 12.1. The van der Waals surface area contributed by atoms with E-state index < -0.39 is 0 Å². The smallest absolute Gasteiger partial charge is 0.253 e. The Hall–Kier alpha value is -1.53. The van der Waals surface area contributed by atoms with Crippen LogP contribution < -0.4 is 11.1 Å². The normalized spacial score (nSPS) is 12.2. The van der Waals surface area contributed by atoms with Gasteiger partial charge in [-0.25, -0.2) is 0 Å². The fraction of sp³-hybridized carbons (Fsp3) is 0.615. The van der Waals surface area contributed by atoms with E-state index >= 15 is 0 Å². The van der Waals surface area contributed by atoms with Crippen LogP contribution >= 0.6 is 0 Å². The highest BCUT2D eigenvalue weighted by Gasteiger charge is 2.12. The summed E-state index contributed by atoms with van der Waals surface area (Å²) in [4.78, 5) is 12.1. The van der Waals surface area contributed by atoms with Gasteiger partial charge in [0.25, 0.3) is 5.91 Å². The standard InChI is InChI=1S/C13H22N4O2/c1-4-12-11(7-9(2)16-17-12)13(18)15-6-5-10(14)8-19-3/h7,10H,4-6,8,14H2,1-3H3,(H,15,18). The van der Waals surface area contributed by atoms with Crippen LogP contribution in [0.2, 0.25) is 0 Å². The molecule has 1 rings (SSSR count). The van der Waals surface area contributed by atoms with E-state index in [1.54, 1.807) is 13.2 Å². The van der Waals surface area contributed by atoms with Gasteiger partial charge in [-0.2, -0.15) is 10.2 Å². The van der Waals surface area contributed by atoms with Gasteiger partial charge in [0.1, 0.15) is 0 Å². The zero-order valence-corrected chi connectivity index (χ0v) is 11.8. The summed E-state index contributed by atoms with van der Waals surface area (Å²) < 4.78 is 4.94. The molecule has 0 aliphatic heterocycles. The average Bonchev–Trinajstić information content (AvgIpc) is 2.38. The maximum absolute atomic E-state index is 12.1. The first-order valence-electron chi connectivity index (χ1n) is 6.44. The van der Waals surface area contributed by atoms with Gasteiger partial charge in [0.15, 0.2) is 0 Å². The molecule has 1 heterocycles. The molecule has 6 nitrogen and oxygen atoms in total. The number of rotatable bonds is 7. The Morgan fingerprint density at radius 2 is 2.26 bits per heavy atom. The number of methoxy groups -OCH3 is 1. The molecule has 0 saturated carbocycles. The lowest BCUT2D eigenvalue weighted by molar-refractivity contribution is 0.0948. The largest absolute Gasteiger partial charge is 0.383 e. The second kappa shape index (κ2) is 7.81. The van der Waals surface area contributed by atoms with Crippen molar-refractivity contribution in [2.24, 2.45) is 5.73 Å². The summed E-state index contributed by atoms with van der Waals surface area (Å²) in [6.45, 7) is 4.78. The van der Waals surface area contributed by atoms with Crippen LogP contribution in [0.15, 0.2) is 6.07 Å². The fourth-order valence-electron chi connectivity index (χ4n) is 1.74. The first-order chi connectivity index (χ1) is 9.08. The number of carbonyl (C=O) groups excluding carboxylic acids is 1. The molecule has 1 unspecified atom stereocenters. The van der Waals surface area contributed by atoms with Crippen molar-refractivity contribution in [2.45, 2.75) is 32.7 Å². The number of aromatic nitrogens is 2. The van der Waals surface area contributed by atoms with E-state index in [2.05, 4.69) is 15.5 Å². The fourth-order valence-corrected chi connectivity index (χ4v) is 1.74. The second-order valence-electron chi connectivity index (χ2n) is 4.46. The highest BCUT2D eigenvalue weighted by Crippen LogP contribution is 2.07. The molecule has 0 spiro atoms. The van der Waals surface area contributed by atoms with E-state index in [1.807, 2.05) is 13.8 Å². The summed E-state index contributed by atoms with van der Waals surface area (Å²) in [5.74, 6) is -0.125. The molecule has 3 N–H and O–H groups in total. The lowest BCUT2D eigenvalue weighted by Crippen LogP contribution is -2.33. The topological polar surface area (TPSA) is 90.1 Å². The Kier molecular flexibility index (Phi) is 6.38. The molecule has 0 aliphatic rings. The third-order valence-electron chi connectivity index (χ3n) is 2.75. The van der Waals surface area contributed by atoms with Gasteiger partial charge in [-0.05, 0) is 25.8 Å². The number of nitrogens with two attached hydrogens (primary N) is 1. The molecular weight excluding hydrogens is 244 g/mol. The Balaban J connectivity index is 2.56. The second-order valence-corrected chi connectivity index (χ2v) is 4.46. The molecule has 1 atom stereocenters. The molecule has 1 amide bonds. The lowest BCUT2D eigenvalue weighted by Gasteiger charge is -2.12. The van der Waals surface area contributed by atoms with Crippen molar-refractivity contribution in [3.63, 3.8) is 0 Å². The minimum absolute atomic E-state index is 0.0618. The van der Waals surface area contributed by atoms with Gasteiger partial charge in [-0.15, -0.1) is 0 Å². The van der Waals surface area contributed by atoms with Crippen LogP contribution in [0.1, 0.15) is 35.1 Å². The van der Waals surface area contributed by atoms with Gasteiger partial charge >= 0.3 is 0 Å². The number of nitrogens with one attached hydrogen (secondary N) is 1. The molecular formula is C13H22N4O2. The van der Waals surface area contributed by atoms with Crippen LogP contribution in [0.4, 0.5) is 0 Å². The SMILES string of the molecule is CCc1nnc(C)cc1C(=O)NCCC(N)COC. The molecule has 0 aromatic carbocycles. The Labute approximate surface area is 113 Å². The van der Waals surface area contributed by atoms with Crippen LogP contribution in [0, 0.1) is 6.92 Å². The van der Waals surface area contributed by atoms with Crippen LogP contribution in [0.5, 0.6) is 0 Å². The summed E-state index contributed by atoms with van der Waals surface area (Å²) in [6, 6.07) is 1.70. The van der Waals surface area contributed by atoms with Crippen molar-refractivity contribution in [3.05, 3.63) is 23.0 Å². The summed E-state index contributed by atoms with van der Waals surface area (Å²) in [5, 5.41) is 10.8. The number of carbonyl (C=O) groups is 1. The van der Waals surface area contributed by atoms with Gasteiger partial charge in [-0.1, -0.05) is 6.92 Å². The summed E-state index contributed by atoms with van der Waals surface area (Å²) in [5.41, 5.74) is 7.83. The van der Waals surface area contributed by atoms with E-state index in [9.17, 15) is 4.79 Å². The number of hydrogen-bond acceptors (Lipinski definition) is 5. The number of nitrogens with zero attached hydrogens (tertiary/aromatic N) is 2. The quantitative estimate of drug-likeness (QED) is 0.747. The minimum Gasteiger partial charge on any atom is -0.383 e. The van der Waals surface area contributed by atoms with E-state index in [0.717, 1.165) is 5.69 Å². The van der Waals surface area contributed by atoms with Crippen molar-refractivity contribution in [1.29, 1.82) is 0 Å². The van der Waals surface area contributed by atoms with Crippen molar-refractivity contribution in [3.8, 4) is 0 Å². The van der Waals surface area contributed by atoms with E-state index in [1.165, 1.54) is 0 Å². The van der Waals surface area contributed by atoms with Gasteiger partial charge in [0.05, 0.1) is 23.6 Å². The summed E-state index contributed by atoms with van der Waals surface area (Å²) in [7, 11) is 1.61. The molecule has 0 aliphatic carbocycles. The first-order valence-corrected chi connectivity index (χ1v) is 6.44. The molecule has 0 saturated heterocycles. The third-order valence-corrected chi connectivity index (χ3v) is 2.75. The molecule has 0 fully saturated rings. The predicted molar refractivity (Wildman–Crippen MR) is 72.9 cm³/mol. The predicted octanol–water partition coefficient (Wildman–Crippen LogP) is 0.441. The number of amides is 1. The highest BCUT2D eigenvalue weighted by atomic mass is 16.5. The molecule has 1 aromatic heterocycles. The maximum Gasteiger partial charge on any atom is 0.253 e. The van der Waals surface area contributed by atoms with E-state index in [4.69, 9.17) is 10.5 Å². The van der Waals surface area contributed by atoms with Gasteiger partial charge in [0, 0.05) is 19.7 Å². The van der Waals surface area contributed by atoms with Crippen molar-refractivity contribution < 1.29 is 9.53 Å². The van der Waals surface area contributed by atoms with Crippen molar-refractivity contribution in [1.82, 2.24) is 15.5 Å². The van der Waals surface area contributed by atoms with Crippen molar-refractivity contribution in [2.75, 3.05) is 20.3 Å². The summed E-state index contributed by atoms with van der Waals surface area (Å²) in [6.07, 6.45) is 1.36. The molecule has 19 heavy (non-hydrogen) atoms. The molecule has 106 valence electrons. The molecule has 6 heteroatoms. The molecule has 0 radical (unpaired) electrons. The number of hydrogen-bond donors (Lipinski definition) is 2.